The van der Waals surface area contributed by atoms with E-state index in [-0.39, 0.29) is 6.79 Å². The summed E-state index contributed by atoms with van der Waals surface area (Å²) >= 11 is 0. The number of nitriles is 1. The quantitative estimate of drug-likeness (QED) is 0.745. The molecule has 2 aliphatic rings. The molecule has 0 aromatic heterocycles. The van der Waals surface area contributed by atoms with Crippen LogP contribution in [0, 0.1) is 11.3 Å². The lowest BCUT2D eigenvalue weighted by atomic mass is 10.1. The summed E-state index contributed by atoms with van der Waals surface area (Å²) < 4.78 is 16.7. The summed E-state index contributed by atoms with van der Waals surface area (Å²) in [7, 11) is 0. The third-order valence-corrected chi connectivity index (χ3v) is 3.65. The van der Waals surface area contributed by atoms with Crippen molar-refractivity contribution in [2.45, 2.75) is 44.7 Å². The van der Waals surface area contributed by atoms with Crippen LogP contribution in [0.2, 0.25) is 0 Å². The Morgan fingerprint density at radius 1 is 1.24 bits per heavy atom. The number of nitrogens with zero attached hydrogens (tertiary/aromatic N) is 1. The molecule has 0 unspecified atom stereocenters. The van der Waals surface area contributed by atoms with Gasteiger partial charge in [-0.15, -0.1) is 0 Å². The molecule has 5 heteroatoms. The van der Waals surface area contributed by atoms with Crippen molar-refractivity contribution < 1.29 is 14.2 Å². The Labute approximate surface area is 124 Å². The molecule has 0 spiro atoms. The molecule has 1 saturated carbocycles. The third-order valence-electron chi connectivity index (χ3n) is 3.65. The van der Waals surface area contributed by atoms with E-state index < -0.39 is 0 Å². The minimum Gasteiger partial charge on any atom is -0.493 e. The number of hydrogen-bond acceptors (Lipinski definition) is 5. The van der Waals surface area contributed by atoms with Crippen LogP contribution in [-0.4, -0.2) is 19.4 Å². The Kier molecular flexibility index (Phi) is 4.46. The van der Waals surface area contributed by atoms with Crippen molar-refractivity contribution >= 4 is 0 Å². The number of ether oxygens (including phenoxy) is 3. The highest BCUT2D eigenvalue weighted by Crippen LogP contribution is 2.38. The third kappa shape index (κ3) is 3.79. The Hall–Kier alpha value is -1.93. The van der Waals surface area contributed by atoms with Gasteiger partial charge in [0.15, 0.2) is 11.5 Å². The van der Waals surface area contributed by atoms with Gasteiger partial charge in [0.1, 0.15) is 5.75 Å². The highest BCUT2D eigenvalue weighted by Gasteiger charge is 2.22. The lowest BCUT2D eigenvalue weighted by molar-refractivity contribution is 0.173. The van der Waals surface area contributed by atoms with E-state index in [4.69, 9.17) is 19.5 Å². The maximum absolute atomic E-state index is 8.53. The van der Waals surface area contributed by atoms with Gasteiger partial charge in [-0.25, -0.2) is 0 Å². The average Bonchev–Trinajstić information content (AvgIpc) is 3.21. The van der Waals surface area contributed by atoms with Crippen LogP contribution < -0.4 is 19.5 Å². The molecule has 21 heavy (non-hydrogen) atoms. The first-order valence-corrected chi connectivity index (χ1v) is 7.52. The highest BCUT2D eigenvalue weighted by molar-refractivity contribution is 5.51. The fourth-order valence-corrected chi connectivity index (χ4v) is 2.27. The van der Waals surface area contributed by atoms with Crippen molar-refractivity contribution in [3.05, 3.63) is 17.7 Å². The fraction of sp³-hybridized carbons (Fsp3) is 0.562. The van der Waals surface area contributed by atoms with Crippen LogP contribution in [0.3, 0.4) is 0 Å². The Balaban J connectivity index is 1.62. The summed E-state index contributed by atoms with van der Waals surface area (Å²) in [4.78, 5) is 0. The van der Waals surface area contributed by atoms with Gasteiger partial charge in [0.05, 0.1) is 12.7 Å². The molecule has 0 amide bonds. The number of rotatable bonds is 8. The van der Waals surface area contributed by atoms with Crippen molar-refractivity contribution in [3.63, 3.8) is 0 Å². The van der Waals surface area contributed by atoms with Crippen molar-refractivity contribution in [1.82, 2.24) is 5.32 Å². The van der Waals surface area contributed by atoms with Gasteiger partial charge < -0.3 is 19.5 Å². The van der Waals surface area contributed by atoms with E-state index in [1.165, 1.54) is 12.8 Å². The van der Waals surface area contributed by atoms with Crippen LogP contribution in [0.25, 0.3) is 0 Å². The lowest BCUT2D eigenvalue weighted by Gasteiger charge is -2.13. The molecule has 1 aromatic carbocycles. The Morgan fingerprint density at radius 2 is 2.05 bits per heavy atom. The van der Waals surface area contributed by atoms with E-state index in [0.29, 0.717) is 19.1 Å². The zero-order valence-electron chi connectivity index (χ0n) is 12.1. The first-order valence-electron chi connectivity index (χ1n) is 7.52. The summed E-state index contributed by atoms with van der Waals surface area (Å²) in [5.74, 6) is 2.39. The predicted octanol–water partition coefficient (Wildman–Crippen LogP) is 2.74. The molecule has 1 heterocycles. The molecule has 1 fully saturated rings. The van der Waals surface area contributed by atoms with Crippen LogP contribution in [0.15, 0.2) is 12.1 Å². The number of nitrogens with one attached hydrogen (secondary N) is 1. The first-order chi connectivity index (χ1) is 10.4. The second-order valence-electron chi connectivity index (χ2n) is 5.43. The molecule has 0 atom stereocenters. The summed E-state index contributed by atoms with van der Waals surface area (Å²) in [5.41, 5.74) is 1.10. The van der Waals surface area contributed by atoms with E-state index in [9.17, 15) is 0 Å². The molecule has 1 aliphatic heterocycles. The van der Waals surface area contributed by atoms with Crippen molar-refractivity contribution in [1.29, 1.82) is 5.26 Å². The monoisotopic (exact) mass is 288 g/mol. The van der Waals surface area contributed by atoms with Crippen molar-refractivity contribution in [3.8, 4) is 23.3 Å². The molecule has 1 aromatic rings. The van der Waals surface area contributed by atoms with Crippen LogP contribution in [0.1, 0.15) is 37.7 Å². The molecule has 0 radical (unpaired) electrons. The second-order valence-corrected chi connectivity index (χ2v) is 5.43. The summed E-state index contributed by atoms with van der Waals surface area (Å²) in [6.07, 6.45) is 4.86. The zero-order valence-corrected chi connectivity index (χ0v) is 12.1. The van der Waals surface area contributed by atoms with E-state index in [0.717, 1.165) is 42.2 Å². The SMILES string of the molecule is N#CCCCCOc1cc2c(cc1CNC1CC1)OCO2. The minimum atomic E-state index is 0.274. The molecular formula is C16H20N2O3. The van der Waals surface area contributed by atoms with Gasteiger partial charge in [0, 0.05) is 30.6 Å². The van der Waals surface area contributed by atoms with E-state index in [1.807, 2.05) is 12.1 Å². The molecule has 1 N–H and O–H groups in total. The smallest absolute Gasteiger partial charge is 0.231 e. The highest BCUT2D eigenvalue weighted by atomic mass is 16.7. The average molecular weight is 288 g/mol. The molecule has 3 rings (SSSR count). The molecule has 112 valence electrons. The molecule has 5 nitrogen and oxygen atoms in total. The fourth-order valence-electron chi connectivity index (χ4n) is 2.27. The molecule has 0 bridgehead atoms. The Bertz CT molecular complexity index is 535. The number of unbranched alkanes of at least 4 members (excludes halogenated alkanes) is 2. The maximum atomic E-state index is 8.53. The van der Waals surface area contributed by atoms with E-state index in [1.54, 1.807) is 0 Å². The zero-order chi connectivity index (χ0) is 14.5. The van der Waals surface area contributed by atoms with Gasteiger partial charge in [0.2, 0.25) is 6.79 Å². The summed E-state index contributed by atoms with van der Waals surface area (Å²) in [6.45, 7) is 1.68. The molecule has 1 aliphatic carbocycles. The van der Waals surface area contributed by atoms with Gasteiger partial charge in [-0.2, -0.15) is 5.26 Å². The minimum absolute atomic E-state index is 0.274. The number of benzene rings is 1. The first kappa shape index (κ1) is 14.0. The van der Waals surface area contributed by atoms with Crippen LogP contribution in [0.5, 0.6) is 17.2 Å². The number of fused-ring (bicyclic) bond motifs is 1. The molecule has 0 saturated heterocycles. The maximum Gasteiger partial charge on any atom is 0.231 e. The van der Waals surface area contributed by atoms with E-state index in [2.05, 4.69) is 11.4 Å². The molecular weight excluding hydrogens is 268 g/mol. The second kappa shape index (κ2) is 6.68. The van der Waals surface area contributed by atoms with Gasteiger partial charge in [-0.3, -0.25) is 0 Å². The van der Waals surface area contributed by atoms with Crippen LogP contribution in [-0.2, 0) is 6.54 Å². The van der Waals surface area contributed by atoms with Crippen LogP contribution in [0.4, 0.5) is 0 Å². The topological polar surface area (TPSA) is 63.5 Å². The van der Waals surface area contributed by atoms with Crippen molar-refractivity contribution in [2.75, 3.05) is 13.4 Å². The standard InChI is InChI=1S/C16H20N2O3/c17-6-2-1-3-7-19-14-9-16-15(20-11-21-16)8-12(14)10-18-13-4-5-13/h8-9,13,18H,1-5,7,10-11H2. The Morgan fingerprint density at radius 3 is 2.81 bits per heavy atom. The summed E-state index contributed by atoms with van der Waals surface area (Å²) in [5, 5.41) is 12.0. The van der Waals surface area contributed by atoms with Crippen molar-refractivity contribution in [2.24, 2.45) is 0 Å². The predicted molar refractivity (Wildman–Crippen MR) is 77.4 cm³/mol. The lowest BCUT2D eigenvalue weighted by Crippen LogP contribution is -2.16. The van der Waals surface area contributed by atoms with E-state index >= 15 is 0 Å². The number of hydrogen-bond donors (Lipinski definition) is 1. The summed E-state index contributed by atoms with van der Waals surface area (Å²) in [6, 6.07) is 6.72. The van der Waals surface area contributed by atoms with Gasteiger partial charge in [-0.1, -0.05) is 0 Å². The van der Waals surface area contributed by atoms with Gasteiger partial charge in [-0.05, 0) is 31.7 Å². The largest absolute Gasteiger partial charge is 0.493 e. The van der Waals surface area contributed by atoms with Crippen LogP contribution >= 0.6 is 0 Å². The van der Waals surface area contributed by atoms with Gasteiger partial charge in [0.25, 0.3) is 0 Å². The normalized spacial score (nSPS) is 15.8. The van der Waals surface area contributed by atoms with Gasteiger partial charge >= 0.3 is 0 Å².